The van der Waals surface area contributed by atoms with Crippen molar-refractivity contribution in [2.75, 3.05) is 0 Å². The Hall–Kier alpha value is -1.44. The average Bonchev–Trinajstić information content (AvgIpc) is 2.34. The van der Waals surface area contributed by atoms with Gasteiger partial charge in [-0.1, -0.05) is 19.1 Å². The molecule has 0 aliphatic rings. The van der Waals surface area contributed by atoms with Crippen LogP contribution in [0.4, 0.5) is 0 Å². The van der Waals surface area contributed by atoms with Gasteiger partial charge in [0, 0.05) is 6.54 Å². The van der Waals surface area contributed by atoms with Gasteiger partial charge in [0.2, 0.25) is 15.9 Å². The summed E-state index contributed by atoms with van der Waals surface area (Å²) in [6.45, 7) is 2.13. The molecule has 1 atom stereocenters. The average molecular weight is 271 g/mol. The molecule has 0 fully saturated rings. The number of amides is 1. The quantitative estimate of drug-likeness (QED) is 0.681. The van der Waals surface area contributed by atoms with Gasteiger partial charge in [-0.25, -0.2) is 13.6 Å². The van der Waals surface area contributed by atoms with Gasteiger partial charge in [-0.15, -0.1) is 0 Å². The minimum absolute atomic E-state index is 0.0443. The van der Waals surface area contributed by atoms with Crippen LogP contribution in [-0.2, 0) is 21.4 Å². The summed E-state index contributed by atoms with van der Waals surface area (Å²) in [5, 5.41) is 7.64. The highest BCUT2D eigenvalue weighted by Crippen LogP contribution is 2.08. The Labute approximate surface area is 106 Å². The van der Waals surface area contributed by atoms with E-state index in [4.69, 9.17) is 10.9 Å². The molecule has 1 aromatic carbocycles. The maximum absolute atomic E-state index is 11.4. The molecule has 0 saturated heterocycles. The fourth-order valence-electron chi connectivity index (χ4n) is 1.30. The molecule has 1 rings (SSSR count). The van der Waals surface area contributed by atoms with E-state index in [-0.39, 0.29) is 10.8 Å². The van der Waals surface area contributed by atoms with Crippen LogP contribution in [0.25, 0.3) is 0 Å². The number of sulfonamides is 1. The molecule has 0 aliphatic carbocycles. The van der Waals surface area contributed by atoms with E-state index in [9.17, 15) is 13.2 Å². The number of carbonyl (C=O) groups is 1. The highest BCUT2D eigenvalue weighted by atomic mass is 32.2. The van der Waals surface area contributed by atoms with Crippen LogP contribution < -0.4 is 16.2 Å². The molecule has 0 unspecified atom stereocenters. The highest BCUT2D eigenvalue weighted by molar-refractivity contribution is 7.89. The number of nitrogens with two attached hydrogens (primary N) is 2. The van der Waals surface area contributed by atoms with Crippen molar-refractivity contribution < 1.29 is 13.2 Å². The van der Waals surface area contributed by atoms with E-state index in [1.807, 2.05) is 6.92 Å². The van der Waals surface area contributed by atoms with Crippen LogP contribution in [0.2, 0.25) is 0 Å². The van der Waals surface area contributed by atoms with Gasteiger partial charge in [0.05, 0.1) is 10.9 Å². The second kappa shape index (κ2) is 5.94. The van der Waals surface area contributed by atoms with E-state index in [1.165, 1.54) is 12.1 Å². The van der Waals surface area contributed by atoms with Crippen LogP contribution in [-0.4, -0.2) is 20.4 Å². The lowest BCUT2D eigenvalue weighted by molar-refractivity contribution is -0.122. The first-order valence-electron chi connectivity index (χ1n) is 5.49. The van der Waals surface area contributed by atoms with Crippen molar-refractivity contribution in [1.82, 2.24) is 5.32 Å². The molecule has 18 heavy (non-hydrogen) atoms. The van der Waals surface area contributed by atoms with E-state index < -0.39 is 16.1 Å². The van der Waals surface area contributed by atoms with Crippen LogP contribution in [0.15, 0.2) is 29.2 Å². The molecular weight excluding hydrogens is 254 g/mol. The molecule has 0 bridgehead atoms. The number of primary sulfonamides is 1. The fraction of sp³-hybridized carbons (Fsp3) is 0.364. The lowest BCUT2D eigenvalue weighted by atomic mass is 10.2. The van der Waals surface area contributed by atoms with E-state index >= 15 is 0 Å². The predicted octanol–water partition coefficient (Wildman–Crippen LogP) is -0.312. The molecular formula is C11H17N3O3S. The molecule has 0 aromatic heterocycles. The lowest BCUT2D eigenvalue weighted by Gasteiger charge is -2.10. The summed E-state index contributed by atoms with van der Waals surface area (Å²) in [5.41, 5.74) is 6.33. The van der Waals surface area contributed by atoms with Gasteiger partial charge >= 0.3 is 0 Å². The van der Waals surface area contributed by atoms with Crippen molar-refractivity contribution >= 4 is 15.9 Å². The van der Waals surface area contributed by atoms with Gasteiger partial charge < -0.3 is 11.1 Å². The van der Waals surface area contributed by atoms with Gasteiger partial charge in [-0.2, -0.15) is 0 Å². The van der Waals surface area contributed by atoms with Crippen LogP contribution in [0.5, 0.6) is 0 Å². The predicted molar refractivity (Wildman–Crippen MR) is 67.9 cm³/mol. The summed E-state index contributed by atoms with van der Waals surface area (Å²) in [6.07, 6.45) is 0.566. The number of rotatable bonds is 5. The molecule has 5 N–H and O–H groups in total. The molecule has 0 aliphatic heterocycles. The van der Waals surface area contributed by atoms with Gasteiger partial charge in [0.1, 0.15) is 0 Å². The Kier molecular flexibility index (Phi) is 4.83. The van der Waals surface area contributed by atoms with Gasteiger partial charge in [-0.3, -0.25) is 4.79 Å². The van der Waals surface area contributed by atoms with E-state index in [2.05, 4.69) is 5.32 Å². The molecule has 6 nitrogen and oxygen atoms in total. The summed E-state index contributed by atoms with van der Waals surface area (Å²) >= 11 is 0. The summed E-state index contributed by atoms with van der Waals surface area (Å²) in [4.78, 5) is 11.5. The molecule has 0 spiro atoms. The Morgan fingerprint density at radius 3 is 2.33 bits per heavy atom. The standard InChI is InChI=1S/C11H17N3O3S/c1-2-10(12)11(15)14-7-8-3-5-9(6-4-8)18(13,16)17/h3-6,10H,2,7,12H2,1H3,(H,14,15)(H2,13,16,17)/t10-/m1/s1. The normalized spacial score (nSPS) is 13.1. The number of hydrogen-bond donors (Lipinski definition) is 3. The minimum atomic E-state index is -3.68. The number of nitrogens with one attached hydrogen (secondary N) is 1. The second-order valence-corrected chi connectivity index (χ2v) is 5.48. The van der Waals surface area contributed by atoms with Gasteiger partial charge in [0.25, 0.3) is 0 Å². The third kappa shape index (κ3) is 4.10. The van der Waals surface area contributed by atoms with Crippen molar-refractivity contribution in [3.63, 3.8) is 0 Å². The van der Waals surface area contributed by atoms with Crippen LogP contribution in [0.3, 0.4) is 0 Å². The van der Waals surface area contributed by atoms with Crippen molar-refractivity contribution in [2.45, 2.75) is 30.8 Å². The fourth-order valence-corrected chi connectivity index (χ4v) is 1.82. The van der Waals surface area contributed by atoms with E-state index in [1.54, 1.807) is 12.1 Å². The zero-order chi connectivity index (χ0) is 13.8. The monoisotopic (exact) mass is 271 g/mol. The molecule has 0 saturated carbocycles. The Morgan fingerprint density at radius 2 is 1.89 bits per heavy atom. The van der Waals surface area contributed by atoms with Crippen molar-refractivity contribution in [2.24, 2.45) is 10.9 Å². The largest absolute Gasteiger partial charge is 0.351 e. The number of carbonyl (C=O) groups excluding carboxylic acids is 1. The van der Waals surface area contributed by atoms with Crippen LogP contribution in [0, 0.1) is 0 Å². The Morgan fingerprint density at radius 1 is 1.33 bits per heavy atom. The maximum atomic E-state index is 11.4. The third-order valence-electron chi connectivity index (χ3n) is 2.50. The summed E-state index contributed by atoms with van der Waals surface area (Å²) in [7, 11) is -3.68. The first-order valence-corrected chi connectivity index (χ1v) is 7.04. The highest BCUT2D eigenvalue weighted by Gasteiger charge is 2.10. The zero-order valence-corrected chi connectivity index (χ0v) is 10.9. The topological polar surface area (TPSA) is 115 Å². The molecule has 100 valence electrons. The van der Waals surface area contributed by atoms with Crippen LogP contribution >= 0.6 is 0 Å². The first kappa shape index (κ1) is 14.6. The van der Waals surface area contributed by atoms with E-state index in [0.717, 1.165) is 5.56 Å². The molecule has 7 heteroatoms. The Balaban J connectivity index is 2.63. The molecule has 0 heterocycles. The summed E-state index contributed by atoms with van der Waals surface area (Å²) in [5.74, 6) is -0.229. The Bertz CT molecular complexity index is 511. The summed E-state index contributed by atoms with van der Waals surface area (Å²) in [6, 6.07) is 5.47. The number of benzene rings is 1. The maximum Gasteiger partial charge on any atom is 0.238 e. The van der Waals surface area contributed by atoms with Crippen molar-refractivity contribution in [1.29, 1.82) is 0 Å². The lowest BCUT2D eigenvalue weighted by Crippen LogP contribution is -2.39. The molecule has 0 radical (unpaired) electrons. The van der Waals surface area contributed by atoms with Crippen LogP contribution in [0.1, 0.15) is 18.9 Å². The molecule has 1 amide bonds. The number of hydrogen-bond acceptors (Lipinski definition) is 4. The van der Waals surface area contributed by atoms with Crippen molar-refractivity contribution in [3.05, 3.63) is 29.8 Å². The minimum Gasteiger partial charge on any atom is -0.351 e. The molecule has 1 aromatic rings. The SMILES string of the molecule is CC[C@@H](N)C(=O)NCc1ccc(S(N)(=O)=O)cc1. The summed E-state index contributed by atoms with van der Waals surface area (Å²) < 4.78 is 22.1. The van der Waals surface area contributed by atoms with Gasteiger partial charge in [0.15, 0.2) is 0 Å². The van der Waals surface area contributed by atoms with E-state index in [0.29, 0.717) is 13.0 Å². The van der Waals surface area contributed by atoms with Gasteiger partial charge in [-0.05, 0) is 24.1 Å². The zero-order valence-electron chi connectivity index (χ0n) is 10.1. The van der Waals surface area contributed by atoms with Crippen molar-refractivity contribution in [3.8, 4) is 0 Å². The third-order valence-corrected chi connectivity index (χ3v) is 3.42. The smallest absolute Gasteiger partial charge is 0.238 e. The first-order chi connectivity index (χ1) is 8.34. The second-order valence-electron chi connectivity index (χ2n) is 3.92.